The van der Waals surface area contributed by atoms with E-state index in [1.807, 2.05) is 0 Å². The fourth-order valence-corrected chi connectivity index (χ4v) is 2.31. The number of rotatable bonds is 3. The van der Waals surface area contributed by atoms with Crippen LogP contribution in [-0.2, 0) is 0 Å². The normalized spacial score (nSPS) is 11.4. The molecule has 25 heavy (non-hydrogen) atoms. The SMILES string of the molecule is O=c1ccc(-c2ccc(F)cc2)cn1-c1ccc(OC(F)(F)F)cc1. The highest BCUT2D eigenvalue weighted by Crippen LogP contribution is 2.24. The van der Waals surface area contributed by atoms with Gasteiger partial charge in [-0.1, -0.05) is 12.1 Å². The highest BCUT2D eigenvalue weighted by atomic mass is 19.4. The van der Waals surface area contributed by atoms with Crippen LogP contribution < -0.4 is 10.3 Å². The number of alkyl halides is 3. The first-order valence-electron chi connectivity index (χ1n) is 7.17. The molecule has 0 spiro atoms. The number of halogens is 4. The van der Waals surface area contributed by atoms with Gasteiger partial charge < -0.3 is 4.74 Å². The van der Waals surface area contributed by atoms with E-state index >= 15 is 0 Å². The van der Waals surface area contributed by atoms with Gasteiger partial charge in [0.2, 0.25) is 0 Å². The van der Waals surface area contributed by atoms with Gasteiger partial charge in [0.05, 0.1) is 0 Å². The number of nitrogens with zero attached hydrogens (tertiary/aromatic N) is 1. The van der Waals surface area contributed by atoms with Gasteiger partial charge in [-0.3, -0.25) is 9.36 Å². The molecular weight excluding hydrogens is 338 g/mol. The summed E-state index contributed by atoms with van der Waals surface area (Å²) in [6.07, 6.45) is -3.24. The van der Waals surface area contributed by atoms with Crippen LogP contribution in [0.1, 0.15) is 0 Å². The van der Waals surface area contributed by atoms with Crippen molar-refractivity contribution in [3.63, 3.8) is 0 Å². The molecule has 3 aromatic rings. The van der Waals surface area contributed by atoms with Crippen molar-refractivity contribution in [2.24, 2.45) is 0 Å². The summed E-state index contributed by atoms with van der Waals surface area (Å²) in [6.45, 7) is 0. The van der Waals surface area contributed by atoms with E-state index in [1.54, 1.807) is 18.2 Å². The minimum absolute atomic E-state index is 0.352. The van der Waals surface area contributed by atoms with Crippen molar-refractivity contribution in [2.75, 3.05) is 0 Å². The fraction of sp³-hybridized carbons (Fsp3) is 0.0556. The molecule has 128 valence electrons. The highest BCUT2D eigenvalue weighted by molar-refractivity contribution is 5.62. The molecule has 2 aromatic carbocycles. The summed E-state index contributed by atoms with van der Waals surface area (Å²) < 4.78 is 54.7. The lowest BCUT2D eigenvalue weighted by atomic mass is 10.1. The Kier molecular flexibility index (Phi) is 4.31. The summed E-state index contributed by atoms with van der Waals surface area (Å²) in [4.78, 5) is 12.1. The van der Waals surface area contributed by atoms with E-state index in [0.29, 0.717) is 16.8 Å². The van der Waals surface area contributed by atoms with Crippen LogP contribution in [0.4, 0.5) is 17.6 Å². The lowest BCUT2D eigenvalue weighted by Gasteiger charge is -2.11. The van der Waals surface area contributed by atoms with Crippen LogP contribution in [0.3, 0.4) is 0 Å². The summed E-state index contributed by atoms with van der Waals surface area (Å²) >= 11 is 0. The van der Waals surface area contributed by atoms with Gasteiger partial charge >= 0.3 is 6.36 Å². The zero-order chi connectivity index (χ0) is 18.0. The van der Waals surface area contributed by atoms with Gasteiger partial charge in [0, 0.05) is 18.0 Å². The molecule has 0 radical (unpaired) electrons. The van der Waals surface area contributed by atoms with Gasteiger partial charge in [0.25, 0.3) is 5.56 Å². The number of aromatic nitrogens is 1. The average molecular weight is 349 g/mol. The Labute approximate surface area is 139 Å². The van der Waals surface area contributed by atoms with Crippen molar-refractivity contribution >= 4 is 0 Å². The predicted molar refractivity (Wildman–Crippen MR) is 84.1 cm³/mol. The second-order valence-electron chi connectivity index (χ2n) is 5.17. The van der Waals surface area contributed by atoms with E-state index in [-0.39, 0.29) is 17.1 Å². The van der Waals surface area contributed by atoms with Crippen molar-refractivity contribution < 1.29 is 22.3 Å². The van der Waals surface area contributed by atoms with Gasteiger partial charge in [-0.2, -0.15) is 0 Å². The Morgan fingerprint density at radius 1 is 0.800 bits per heavy atom. The molecule has 0 bridgehead atoms. The van der Waals surface area contributed by atoms with Gasteiger partial charge in [0.15, 0.2) is 0 Å². The number of hydrogen-bond acceptors (Lipinski definition) is 2. The van der Waals surface area contributed by atoms with Crippen molar-refractivity contribution in [3.05, 3.63) is 83.0 Å². The van der Waals surface area contributed by atoms with E-state index in [2.05, 4.69) is 4.74 Å². The van der Waals surface area contributed by atoms with Crippen LogP contribution in [0.15, 0.2) is 71.7 Å². The monoisotopic (exact) mass is 349 g/mol. The molecule has 1 heterocycles. The lowest BCUT2D eigenvalue weighted by Crippen LogP contribution is -2.18. The maximum atomic E-state index is 13.0. The Morgan fingerprint density at radius 3 is 2.00 bits per heavy atom. The lowest BCUT2D eigenvalue weighted by molar-refractivity contribution is -0.274. The summed E-state index contributed by atoms with van der Waals surface area (Å²) in [6, 6.07) is 13.6. The third kappa shape index (κ3) is 4.06. The fourth-order valence-electron chi connectivity index (χ4n) is 2.31. The van der Waals surface area contributed by atoms with E-state index in [0.717, 1.165) is 12.1 Å². The predicted octanol–water partition coefficient (Wildman–Crippen LogP) is 4.54. The zero-order valence-corrected chi connectivity index (χ0v) is 12.6. The smallest absolute Gasteiger partial charge is 0.406 e. The van der Waals surface area contributed by atoms with Crippen LogP contribution >= 0.6 is 0 Å². The van der Waals surface area contributed by atoms with Crippen molar-refractivity contribution in [2.45, 2.75) is 6.36 Å². The molecule has 0 N–H and O–H groups in total. The second-order valence-corrected chi connectivity index (χ2v) is 5.17. The largest absolute Gasteiger partial charge is 0.573 e. The quantitative estimate of drug-likeness (QED) is 0.650. The second kappa shape index (κ2) is 6.43. The molecular formula is C18H11F4NO2. The molecule has 0 aliphatic carbocycles. The molecule has 0 amide bonds. The Hall–Kier alpha value is -3.09. The standard InChI is InChI=1S/C18H11F4NO2/c19-14-4-1-12(2-5-14)13-3-10-17(24)23(11-13)15-6-8-16(9-7-15)25-18(20,21)22/h1-11H. The summed E-state index contributed by atoms with van der Waals surface area (Å²) in [5, 5.41) is 0. The third-order valence-corrected chi connectivity index (χ3v) is 3.44. The van der Waals surface area contributed by atoms with Gasteiger partial charge in [-0.25, -0.2) is 4.39 Å². The molecule has 0 saturated heterocycles. The summed E-state index contributed by atoms with van der Waals surface area (Å²) in [7, 11) is 0. The van der Waals surface area contributed by atoms with Crippen LogP contribution in [0.2, 0.25) is 0 Å². The van der Waals surface area contributed by atoms with Crippen molar-refractivity contribution in [1.29, 1.82) is 0 Å². The number of hydrogen-bond donors (Lipinski definition) is 0. The molecule has 3 nitrogen and oxygen atoms in total. The van der Waals surface area contributed by atoms with Crippen molar-refractivity contribution in [1.82, 2.24) is 4.57 Å². The van der Waals surface area contributed by atoms with Gasteiger partial charge in [-0.05, 0) is 53.6 Å². The number of benzene rings is 2. The zero-order valence-electron chi connectivity index (χ0n) is 12.6. The topological polar surface area (TPSA) is 31.2 Å². The molecule has 1 aromatic heterocycles. The first kappa shape index (κ1) is 16.8. The summed E-state index contributed by atoms with van der Waals surface area (Å²) in [5.41, 5.74) is 1.39. The van der Waals surface area contributed by atoms with Gasteiger partial charge in [-0.15, -0.1) is 13.2 Å². The van der Waals surface area contributed by atoms with Crippen LogP contribution in [-0.4, -0.2) is 10.9 Å². The number of pyridine rings is 1. The Morgan fingerprint density at radius 2 is 1.40 bits per heavy atom. The van der Waals surface area contributed by atoms with Crippen molar-refractivity contribution in [3.8, 4) is 22.6 Å². The van der Waals surface area contributed by atoms with Crippen LogP contribution in [0, 0.1) is 5.82 Å². The summed E-state index contributed by atoms with van der Waals surface area (Å²) in [5.74, 6) is -0.753. The molecule has 0 saturated carbocycles. The first-order chi connectivity index (χ1) is 11.8. The van der Waals surface area contributed by atoms with E-state index in [9.17, 15) is 22.4 Å². The minimum atomic E-state index is -4.78. The molecule has 3 rings (SSSR count). The Bertz CT molecular complexity index is 929. The van der Waals surface area contributed by atoms with Crippen LogP contribution in [0.25, 0.3) is 16.8 Å². The Balaban J connectivity index is 1.95. The highest BCUT2D eigenvalue weighted by Gasteiger charge is 2.30. The molecule has 0 aliphatic heterocycles. The molecule has 0 fully saturated rings. The first-order valence-corrected chi connectivity index (χ1v) is 7.17. The minimum Gasteiger partial charge on any atom is -0.406 e. The average Bonchev–Trinajstić information content (AvgIpc) is 2.56. The third-order valence-electron chi connectivity index (χ3n) is 3.44. The van der Waals surface area contributed by atoms with E-state index < -0.39 is 6.36 Å². The maximum absolute atomic E-state index is 13.0. The van der Waals surface area contributed by atoms with E-state index in [1.165, 1.54) is 41.1 Å². The molecule has 0 aliphatic rings. The van der Waals surface area contributed by atoms with Crippen LogP contribution in [0.5, 0.6) is 5.75 Å². The molecule has 0 atom stereocenters. The van der Waals surface area contributed by atoms with Gasteiger partial charge in [0.1, 0.15) is 11.6 Å². The number of ether oxygens (including phenoxy) is 1. The van der Waals surface area contributed by atoms with E-state index in [4.69, 9.17) is 0 Å². The molecule has 7 heteroatoms. The maximum Gasteiger partial charge on any atom is 0.573 e. The molecule has 0 unspecified atom stereocenters.